The zero-order valence-electron chi connectivity index (χ0n) is 14.7. The van der Waals surface area contributed by atoms with Crippen LogP contribution in [0.3, 0.4) is 0 Å². The maximum atomic E-state index is 13.0. The molecule has 2 aromatic heterocycles. The van der Waals surface area contributed by atoms with Crippen LogP contribution >= 0.6 is 11.3 Å². The Morgan fingerprint density at radius 2 is 2.08 bits per heavy atom. The van der Waals surface area contributed by atoms with E-state index in [1.165, 1.54) is 23.3 Å². The Balaban J connectivity index is 1.42. The molecule has 25 heavy (non-hydrogen) atoms. The quantitative estimate of drug-likeness (QED) is 0.917. The molecule has 1 amide bonds. The Labute approximate surface area is 152 Å². The summed E-state index contributed by atoms with van der Waals surface area (Å²) in [6.45, 7) is 3.73. The highest BCUT2D eigenvalue weighted by Crippen LogP contribution is 2.32. The fraction of sp³-hybridized carbons (Fsp3) is 0.579. The molecule has 2 aliphatic rings. The number of amides is 1. The predicted octanol–water partition coefficient (Wildman–Crippen LogP) is 2.80. The number of rotatable bonds is 3. The molecular weight excluding hydrogens is 334 g/mol. The third-order valence-electron chi connectivity index (χ3n) is 5.66. The summed E-state index contributed by atoms with van der Waals surface area (Å²) in [4.78, 5) is 20.5. The smallest absolute Gasteiger partial charge is 0.254 e. The molecule has 0 unspecified atom stereocenters. The fourth-order valence-corrected chi connectivity index (χ4v) is 5.14. The zero-order chi connectivity index (χ0) is 17.4. The second kappa shape index (κ2) is 6.57. The van der Waals surface area contributed by atoms with Gasteiger partial charge in [-0.2, -0.15) is 0 Å². The highest BCUT2D eigenvalue weighted by Gasteiger charge is 2.35. The first kappa shape index (κ1) is 16.8. The van der Waals surface area contributed by atoms with E-state index >= 15 is 0 Å². The van der Waals surface area contributed by atoms with Crippen molar-refractivity contribution in [3.63, 3.8) is 0 Å². The predicted molar refractivity (Wildman–Crippen MR) is 98.0 cm³/mol. The molecule has 0 spiro atoms. The van der Waals surface area contributed by atoms with Crippen molar-refractivity contribution in [1.29, 1.82) is 0 Å². The number of nitrogens with zero attached hydrogens (tertiary/aromatic N) is 3. The number of imidazole rings is 1. The number of likely N-dealkylation sites (tertiary alicyclic amines) is 1. The van der Waals surface area contributed by atoms with Crippen molar-refractivity contribution in [2.75, 3.05) is 13.1 Å². The number of carbonyl (C=O) groups is 1. The lowest BCUT2D eigenvalue weighted by molar-refractivity contribution is -0.0296. The van der Waals surface area contributed by atoms with Crippen LogP contribution in [0.1, 0.15) is 52.3 Å². The summed E-state index contributed by atoms with van der Waals surface area (Å²) in [5, 5.41) is 13.0. The number of hydrogen-bond acceptors (Lipinski definition) is 4. The van der Waals surface area contributed by atoms with Gasteiger partial charge in [-0.15, -0.1) is 11.3 Å². The van der Waals surface area contributed by atoms with Gasteiger partial charge in [-0.05, 0) is 51.0 Å². The van der Waals surface area contributed by atoms with Gasteiger partial charge in [-0.25, -0.2) is 4.98 Å². The molecule has 0 bridgehead atoms. The Bertz CT molecular complexity index is 771. The van der Waals surface area contributed by atoms with Crippen molar-refractivity contribution >= 4 is 17.2 Å². The molecule has 5 nitrogen and oxygen atoms in total. The fourth-order valence-electron chi connectivity index (χ4n) is 4.02. The molecule has 6 heteroatoms. The summed E-state index contributed by atoms with van der Waals surface area (Å²) >= 11 is 1.74. The van der Waals surface area contributed by atoms with E-state index in [-0.39, 0.29) is 5.91 Å². The van der Waals surface area contributed by atoms with E-state index < -0.39 is 5.60 Å². The number of fused-ring (bicyclic) bond motifs is 1. The van der Waals surface area contributed by atoms with E-state index in [1.807, 2.05) is 28.0 Å². The molecule has 1 saturated heterocycles. The van der Waals surface area contributed by atoms with Gasteiger partial charge in [0.15, 0.2) is 0 Å². The van der Waals surface area contributed by atoms with Crippen LogP contribution in [-0.4, -0.2) is 44.2 Å². The Kier molecular flexibility index (Phi) is 4.41. The van der Waals surface area contributed by atoms with E-state index in [2.05, 4.69) is 4.98 Å². The summed E-state index contributed by atoms with van der Waals surface area (Å²) in [6, 6.07) is 0. The molecule has 1 aliphatic carbocycles. The molecule has 0 atom stereocenters. The summed E-state index contributed by atoms with van der Waals surface area (Å²) in [5.74, 6) is 1.07. The van der Waals surface area contributed by atoms with Crippen molar-refractivity contribution in [3.8, 4) is 0 Å². The molecular formula is C19H25N3O2S. The Morgan fingerprint density at radius 1 is 1.32 bits per heavy atom. The van der Waals surface area contributed by atoms with Gasteiger partial charge in [-0.3, -0.25) is 4.79 Å². The average molecular weight is 359 g/mol. The van der Waals surface area contributed by atoms with E-state index in [0.717, 1.165) is 24.2 Å². The van der Waals surface area contributed by atoms with Gasteiger partial charge >= 0.3 is 0 Å². The van der Waals surface area contributed by atoms with Crippen molar-refractivity contribution in [2.24, 2.45) is 0 Å². The maximum absolute atomic E-state index is 13.0. The first-order chi connectivity index (χ1) is 12.1. The van der Waals surface area contributed by atoms with Gasteiger partial charge in [0, 0.05) is 35.7 Å². The van der Waals surface area contributed by atoms with Crippen LogP contribution in [0.25, 0.3) is 0 Å². The number of carbonyl (C=O) groups excluding carboxylic acids is 1. The van der Waals surface area contributed by atoms with Crippen molar-refractivity contribution in [3.05, 3.63) is 39.6 Å². The minimum Gasteiger partial charge on any atom is -0.388 e. The van der Waals surface area contributed by atoms with Crippen LogP contribution in [0.5, 0.6) is 0 Å². The molecule has 0 saturated carbocycles. The van der Waals surface area contributed by atoms with Gasteiger partial charge in [0.25, 0.3) is 5.91 Å². The Hall–Kier alpha value is -1.66. The van der Waals surface area contributed by atoms with Crippen LogP contribution in [0.2, 0.25) is 0 Å². The molecule has 0 aromatic carbocycles. The lowest BCUT2D eigenvalue weighted by atomic mass is 9.90. The van der Waals surface area contributed by atoms with Crippen molar-refractivity contribution in [1.82, 2.24) is 14.5 Å². The van der Waals surface area contributed by atoms with Gasteiger partial charge in [0.2, 0.25) is 0 Å². The topological polar surface area (TPSA) is 58.4 Å². The van der Waals surface area contributed by atoms with Crippen molar-refractivity contribution in [2.45, 2.75) is 57.6 Å². The normalized spacial score (nSPS) is 19.7. The van der Waals surface area contributed by atoms with Crippen molar-refractivity contribution < 1.29 is 9.90 Å². The summed E-state index contributed by atoms with van der Waals surface area (Å²) in [6.07, 6.45) is 9.49. The minimum absolute atomic E-state index is 0.153. The highest BCUT2D eigenvalue weighted by atomic mass is 32.1. The number of aryl methyl sites for hydroxylation is 2. The minimum atomic E-state index is -0.754. The third kappa shape index (κ3) is 3.25. The molecule has 1 N–H and O–H groups in total. The number of aromatic nitrogens is 2. The first-order valence-corrected chi connectivity index (χ1v) is 10.0. The summed E-state index contributed by atoms with van der Waals surface area (Å²) in [7, 11) is 0. The number of thiophene rings is 1. The lowest BCUT2D eigenvalue weighted by Crippen LogP contribution is -2.48. The molecule has 3 heterocycles. The van der Waals surface area contributed by atoms with Gasteiger partial charge in [-0.1, -0.05) is 0 Å². The lowest BCUT2D eigenvalue weighted by Gasteiger charge is -2.38. The van der Waals surface area contributed by atoms with Crippen LogP contribution in [-0.2, 0) is 19.4 Å². The molecule has 0 radical (unpaired) electrons. The van der Waals surface area contributed by atoms with E-state index in [4.69, 9.17) is 0 Å². The number of aliphatic hydroxyl groups is 1. The second-order valence-corrected chi connectivity index (χ2v) is 8.34. The van der Waals surface area contributed by atoms with Gasteiger partial charge in [0.05, 0.1) is 17.7 Å². The third-order valence-corrected chi connectivity index (χ3v) is 6.75. The SMILES string of the molecule is Cc1nccn1CC1(O)CCN(C(=O)c2csc3c2CCCC3)CC1. The summed E-state index contributed by atoms with van der Waals surface area (Å²) in [5.41, 5.74) is 1.45. The molecule has 134 valence electrons. The van der Waals surface area contributed by atoms with Crippen LogP contribution in [0, 0.1) is 6.92 Å². The molecule has 2 aromatic rings. The highest BCUT2D eigenvalue weighted by molar-refractivity contribution is 7.10. The standard InChI is InChI=1S/C19H25N3O2S/c1-14-20-8-11-22(14)13-19(24)6-9-21(10-7-19)18(23)16-12-25-17-5-3-2-4-15(16)17/h8,11-12,24H,2-7,9-10,13H2,1H3. The Morgan fingerprint density at radius 3 is 2.80 bits per heavy atom. The summed E-state index contributed by atoms with van der Waals surface area (Å²) < 4.78 is 1.99. The van der Waals surface area contributed by atoms with Gasteiger partial charge < -0.3 is 14.6 Å². The van der Waals surface area contributed by atoms with Crippen LogP contribution in [0.15, 0.2) is 17.8 Å². The van der Waals surface area contributed by atoms with Gasteiger partial charge in [0.1, 0.15) is 5.82 Å². The van der Waals surface area contributed by atoms with Crippen LogP contribution < -0.4 is 0 Å². The first-order valence-electron chi connectivity index (χ1n) is 9.14. The number of hydrogen-bond donors (Lipinski definition) is 1. The molecule has 1 aliphatic heterocycles. The van der Waals surface area contributed by atoms with E-state index in [0.29, 0.717) is 32.5 Å². The van der Waals surface area contributed by atoms with Crippen LogP contribution in [0.4, 0.5) is 0 Å². The number of piperidine rings is 1. The van der Waals surface area contributed by atoms with E-state index in [1.54, 1.807) is 17.5 Å². The largest absolute Gasteiger partial charge is 0.388 e. The second-order valence-electron chi connectivity index (χ2n) is 7.38. The zero-order valence-corrected chi connectivity index (χ0v) is 15.5. The monoisotopic (exact) mass is 359 g/mol. The van der Waals surface area contributed by atoms with E-state index in [9.17, 15) is 9.90 Å². The maximum Gasteiger partial charge on any atom is 0.254 e. The average Bonchev–Trinajstić information content (AvgIpc) is 3.21. The molecule has 1 fully saturated rings. The molecule has 4 rings (SSSR count).